The summed E-state index contributed by atoms with van der Waals surface area (Å²) < 4.78 is 40.5. The molecule has 610 valence electrons. The van der Waals surface area contributed by atoms with Crippen LogP contribution in [0.25, 0.3) is 0 Å². The molecule has 4 rings (SSSR count). The fraction of sp³-hybridized carbons (Fsp3) is 0.0611. The zero-order valence-electron chi connectivity index (χ0n) is 72.4. The molecule has 0 N–H and O–H groups in total. The molecule has 0 radical (unpaired) electrons. The third-order valence-corrected chi connectivity index (χ3v) is 13.0. The van der Waals surface area contributed by atoms with Crippen LogP contribution in [-0.2, 0) is 11.0 Å². The Balaban J connectivity index is 0.00000139. The highest BCUT2D eigenvalue weighted by atomic mass is 32.1. The first-order chi connectivity index (χ1) is 70.0. The topological polar surface area (TPSA) is 90.5 Å². The van der Waals surface area contributed by atoms with E-state index in [2.05, 4.69) is 639 Å². The van der Waals surface area contributed by atoms with E-state index >= 15 is 0 Å². The number of halogens is 3. The van der Waals surface area contributed by atoms with E-state index in [-0.39, 0.29) is 10.8 Å². The first kappa shape index (κ1) is 109. The summed E-state index contributed by atoms with van der Waals surface area (Å²) in [4.78, 5) is 26.4. The molecule has 1 aliphatic heterocycles. The summed E-state index contributed by atoms with van der Waals surface area (Å²) in [5.74, 6) is 269. The number of nitro groups is 1. The van der Waals surface area contributed by atoms with Gasteiger partial charge in [0.05, 0.1) is 10.6 Å². The number of carbonyl (C=O) groups is 1. The molecule has 0 aromatic heterocycles. The number of thiocarbonyl (C=S) groups is 1. The number of nitro benzene ring substituents is 1. The van der Waals surface area contributed by atoms with Crippen LogP contribution in [0.1, 0.15) is 43.7 Å². The third kappa shape index (κ3) is 58.8. The van der Waals surface area contributed by atoms with Gasteiger partial charge in [-0.2, -0.15) is 18.4 Å². The van der Waals surface area contributed by atoms with Crippen LogP contribution in [-0.4, -0.2) is 21.5 Å². The molecule has 11 heteroatoms. The summed E-state index contributed by atoms with van der Waals surface area (Å²) >= 11 is 5.58. The van der Waals surface area contributed by atoms with Crippen LogP contribution in [0.5, 0.6) is 0 Å². The number of amides is 1. The van der Waals surface area contributed by atoms with Gasteiger partial charge < -0.3 is 4.90 Å². The molecule has 1 saturated carbocycles. The molecule has 1 amide bonds. The van der Waals surface area contributed by atoms with Crippen LogP contribution < -0.4 is 9.80 Å². The van der Waals surface area contributed by atoms with Gasteiger partial charge in [-0.25, -0.2) is 0 Å². The molecule has 1 heterocycles. The van der Waals surface area contributed by atoms with Gasteiger partial charge >= 0.3 is 6.18 Å². The maximum atomic E-state index is 13.6. The Bertz CT molecular complexity index is 9670. The molecule has 1 saturated heterocycles. The van der Waals surface area contributed by atoms with Crippen molar-refractivity contribution in [1.29, 1.82) is 5.26 Å². The standard InChI is InChI=1S/C110H3N.C21H18F3N3O3S/c1-2-3-4-5-6-7-8-9-10-11-12-13-14-15-16-17-18-19-20-21-22-23-24-25-26-27-28-29-30-31-32-33-34-35-36-37-38-39-40-41-42-43-44-45-46-47-48-49-50-51-52-53-54-55-56-57-58-59-60-61-62-63-64-65-66-67-68-69-70-71-72-73-74-75-76-77-78-79-80-81-82-83-84-85-86-87-88-89-90-91-92-93-94-95-96-97-98-99-100-101-102-103-104-105-106-107-108-109-110-111;1-13-4-6-14(7-5-13)26-19(31)25(18(28)20(26)10-2-3-11-20)15-8-9-17(27(29)30)16(12-15)21(22,23)24/h1H3;4-9,12H,2-3,10-11H2,1H3. The van der Waals surface area contributed by atoms with Crippen molar-refractivity contribution < 1.29 is 22.9 Å². The van der Waals surface area contributed by atoms with Crippen LogP contribution in [0.15, 0.2) is 42.5 Å². The maximum Gasteiger partial charge on any atom is 0.423 e. The number of hydrogen-bond acceptors (Lipinski definition) is 5. The summed E-state index contributed by atoms with van der Waals surface area (Å²) in [6.45, 7) is 3.60. The highest BCUT2D eigenvalue weighted by molar-refractivity contribution is 7.81. The first-order valence-corrected chi connectivity index (χ1v) is 37.8. The van der Waals surface area contributed by atoms with E-state index in [1.54, 1.807) is 17.9 Å². The molecule has 1 spiro atoms. The lowest BCUT2D eigenvalue weighted by Gasteiger charge is -2.32. The lowest BCUT2D eigenvalue weighted by molar-refractivity contribution is -0.388. The Morgan fingerprint density at radius 2 is 0.444 bits per heavy atom. The smallest absolute Gasteiger partial charge is 0.303 e. The molecule has 2 aliphatic rings. The molecule has 0 unspecified atom stereocenters. The Morgan fingerprint density at radius 3 is 0.599 bits per heavy atom. The second-order valence-electron chi connectivity index (χ2n) is 21.5. The van der Waals surface area contributed by atoms with Crippen molar-refractivity contribution in [1.82, 2.24) is 0 Å². The molecule has 2 aromatic rings. The molecule has 142 heavy (non-hydrogen) atoms. The van der Waals surface area contributed by atoms with Crippen molar-refractivity contribution in [3.05, 3.63) is 63.7 Å². The van der Waals surface area contributed by atoms with Gasteiger partial charge in [0.15, 0.2) is 11.2 Å². The Kier molecular flexibility index (Phi) is 61.1. The Labute approximate surface area is 832 Å². The van der Waals surface area contributed by atoms with E-state index in [9.17, 15) is 28.1 Å². The highest BCUT2D eigenvalue weighted by Gasteiger charge is 2.57. The van der Waals surface area contributed by atoms with Crippen LogP contribution in [0.4, 0.5) is 30.2 Å². The second-order valence-corrected chi connectivity index (χ2v) is 21.9. The van der Waals surface area contributed by atoms with Gasteiger partial charge in [0.25, 0.3) is 11.6 Å². The van der Waals surface area contributed by atoms with Gasteiger partial charge in [0.1, 0.15) is 11.1 Å². The largest absolute Gasteiger partial charge is 0.423 e. The Morgan fingerprint density at radius 1 is 0.282 bits per heavy atom. The predicted molar refractivity (Wildman–Crippen MR) is 544 cm³/mol. The molecule has 1 aliphatic carbocycles. The van der Waals surface area contributed by atoms with Gasteiger partial charge in [0, 0.05) is 598 Å². The van der Waals surface area contributed by atoms with Gasteiger partial charge in [-0.05, 0) is 111 Å². The number of alkyl halides is 3. The third-order valence-electron chi connectivity index (χ3n) is 12.7. The molecule has 2 aromatic carbocycles. The number of carbonyl (C=O) groups excluding carboxylic acids is 1. The van der Waals surface area contributed by atoms with E-state index in [1.807, 2.05) is 31.2 Å². The van der Waals surface area contributed by atoms with Gasteiger partial charge in [-0.15, -0.1) is 0 Å². The quantitative estimate of drug-likeness (QED) is 0.160. The van der Waals surface area contributed by atoms with Crippen LogP contribution >= 0.6 is 12.2 Å². The summed E-state index contributed by atoms with van der Waals surface area (Å²) in [7, 11) is 0. The minimum Gasteiger partial charge on any atom is -0.303 e. The summed E-state index contributed by atoms with van der Waals surface area (Å²) in [5.41, 5.74) is -1.88. The number of benzene rings is 2. The van der Waals surface area contributed by atoms with Gasteiger partial charge in [-0.3, -0.25) is 19.8 Å². The fourth-order valence-electron chi connectivity index (χ4n) is 7.77. The minimum absolute atomic E-state index is 0.0673. The summed E-state index contributed by atoms with van der Waals surface area (Å²) in [6, 6.07) is 11.6. The molecule has 0 bridgehead atoms. The minimum atomic E-state index is -4.95. The van der Waals surface area contributed by atoms with E-state index < -0.39 is 33.8 Å². The van der Waals surface area contributed by atoms with Crippen molar-refractivity contribution in [2.45, 2.75) is 51.2 Å². The number of anilines is 2. The SMILES string of the molecule is CC#CC#CC#CC#CC#CC#CC#CC#CC#CC#CC#CC#CC#CC#CC#CC#CC#CC#CC#CC#CC#CC#CC#CC#CC#CC#CC#CC#CC#CC#CC#CC#CC#CC#CC#CC#CC#CC#CC#CC#CC#CC#CC#CC#CC#CC#CC#CC#CC#CC#CC#CC#CC#CC#CC#N.Cc1ccc(N2C(=S)N(c3ccc([N+](=O)[O-])c(C(F)(F)F)c3)C(=O)C23CCCC3)cc1. The van der Waals surface area contributed by atoms with Crippen molar-refractivity contribution >= 4 is 40.3 Å². The van der Waals surface area contributed by atoms with Crippen molar-refractivity contribution in [2.24, 2.45) is 0 Å². The number of rotatable bonds is 3. The zero-order valence-corrected chi connectivity index (χ0v) is 73.2. The molecular formula is C131H21F3N4O3S. The number of nitriles is 1. The van der Waals surface area contributed by atoms with Crippen LogP contribution in [0.2, 0.25) is 0 Å². The average Bonchev–Trinajstić information content (AvgIpc) is 1.56. The molecule has 7 nitrogen and oxygen atoms in total. The average molecular weight is 1790 g/mol. The Hall–Kier alpha value is -27.3. The maximum absolute atomic E-state index is 13.6. The number of nitrogens with zero attached hydrogens (tertiary/aromatic N) is 4. The zero-order chi connectivity index (χ0) is 102. The monoisotopic (exact) mass is 1790 g/mol. The summed E-state index contributed by atoms with van der Waals surface area (Å²) in [6.07, 6.45) is -2.33. The van der Waals surface area contributed by atoms with E-state index in [0.717, 1.165) is 35.4 Å². The van der Waals surface area contributed by atoms with Crippen molar-refractivity contribution in [3.63, 3.8) is 0 Å². The van der Waals surface area contributed by atoms with Crippen molar-refractivity contribution in [3.8, 4) is 645 Å². The lowest BCUT2D eigenvalue weighted by Crippen LogP contribution is -2.47. The first-order valence-electron chi connectivity index (χ1n) is 37.4. The number of aryl methyl sites for hydroxylation is 1. The van der Waals surface area contributed by atoms with Crippen LogP contribution in [0.3, 0.4) is 0 Å². The predicted octanol–water partition coefficient (Wildman–Crippen LogP) is 6.09. The van der Waals surface area contributed by atoms with E-state index in [0.29, 0.717) is 24.6 Å². The molecule has 2 fully saturated rings. The normalized spacial score (nSPS) is 7.10. The lowest BCUT2D eigenvalue weighted by atomic mass is 9.94. The highest BCUT2D eigenvalue weighted by Crippen LogP contribution is 2.47. The second kappa shape index (κ2) is 79.6. The van der Waals surface area contributed by atoms with Gasteiger partial charge in [-0.1, -0.05) is 36.5 Å². The van der Waals surface area contributed by atoms with Crippen molar-refractivity contribution in [2.75, 3.05) is 9.80 Å². The summed E-state index contributed by atoms with van der Waals surface area (Å²) in [5, 5.41) is 19.4. The van der Waals surface area contributed by atoms with E-state index in [1.165, 1.54) is 0 Å². The van der Waals surface area contributed by atoms with Gasteiger partial charge in [0.2, 0.25) is 0 Å². The van der Waals surface area contributed by atoms with E-state index in [4.69, 9.17) is 17.5 Å². The molecule has 0 atom stereocenters. The van der Waals surface area contributed by atoms with Crippen LogP contribution in [0, 0.1) is 668 Å². The fourth-order valence-corrected chi connectivity index (χ4v) is 8.24. The number of hydrogen-bond donors (Lipinski definition) is 0. The molecular weight excluding hydrogens is 1770 g/mol.